The summed E-state index contributed by atoms with van der Waals surface area (Å²) in [5.74, 6) is 0.726. The summed E-state index contributed by atoms with van der Waals surface area (Å²) >= 11 is 0. The van der Waals surface area contributed by atoms with Gasteiger partial charge in [0.25, 0.3) is 0 Å². The maximum absolute atomic E-state index is 13.5. The predicted molar refractivity (Wildman–Crippen MR) is 121 cm³/mol. The van der Waals surface area contributed by atoms with Crippen LogP contribution >= 0.6 is 0 Å². The van der Waals surface area contributed by atoms with Crippen LogP contribution in [0, 0.1) is 12.3 Å². The van der Waals surface area contributed by atoms with Gasteiger partial charge in [0, 0.05) is 57.9 Å². The summed E-state index contributed by atoms with van der Waals surface area (Å²) in [6.45, 7) is 5.05. The van der Waals surface area contributed by atoms with Crippen LogP contribution in [0.1, 0.15) is 49.6 Å². The molecule has 0 radical (unpaired) electrons. The number of benzene rings is 1. The molecule has 0 bridgehead atoms. The molecule has 2 aliphatic heterocycles. The molecular weight excluding hydrogens is 406 g/mol. The lowest BCUT2D eigenvalue weighted by Crippen LogP contribution is -2.54. The Morgan fingerprint density at radius 2 is 2.12 bits per heavy atom. The molecule has 0 saturated carbocycles. The predicted octanol–water partition coefficient (Wildman–Crippen LogP) is 2.56. The largest absolute Gasteiger partial charge is 0.392 e. The highest BCUT2D eigenvalue weighted by Crippen LogP contribution is 2.38. The van der Waals surface area contributed by atoms with Crippen molar-refractivity contribution in [1.82, 2.24) is 19.8 Å². The average molecular weight is 438 g/mol. The number of likely N-dealkylation sites (tertiary alicyclic amines) is 1. The van der Waals surface area contributed by atoms with Gasteiger partial charge in [0.05, 0.1) is 17.7 Å². The van der Waals surface area contributed by atoms with E-state index in [-0.39, 0.29) is 17.9 Å². The van der Waals surface area contributed by atoms with E-state index in [1.807, 2.05) is 36.0 Å². The zero-order valence-corrected chi connectivity index (χ0v) is 19.0. The number of amides is 2. The molecule has 32 heavy (non-hydrogen) atoms. The number of hydrogen-bond acceptors (Lipinski definition) is 5. The minimum atomic E-state index is -0.712. The summed E-state index contributed by atoms with van der Waals surface area (Å²) in [7, 11) is 1.90. The van der Waals surface area contributed by atoms with Gasteiger partial charge in [0.2, 0.25) is 11.8 Å². The molecule has 8 heteroatoms. The van der Waals surface area contributed by atoms with Gasteiger partial charge in [0.15, 0.2) is 0 Å². The summed E-state index contributed by atoms with van der Waals surface area (Å²) < 4.78 is 1.89. The van der Waals surface area contributed by atoms with E-state index in [1.54, 1.807) is 18.0 Å². The summed E-state index contributed by atoms with van der Waals surface area (Å²) in [5.41, 5.74) is 2.43. The van der Waals surface area contributed by atoms with Gasteiger partial charge < -0.3 is 19.6 Å². The van der Waals surface area contributed by atoms with E-state index in [0.717, 1.165) is 29.1 Å². The van der Waals surface area contributed by atoms with E-state index in [2.05, 4.69) is 28.4 Å². The fourth-order valence-corrected chi connectivity index (χ4v) is 4.79. The van der Waals surface area contributed by atoms with Crippen LogP contribution < -0.4 is 5.32 Å². The van der Waals surface area contributed by atoms with Crippen molar-refractivity contribution in [3.8, 4) is 0 Å². The molecule has 1 aromatic carbocycles. The number of imidazole rings is 1. The number of nitrogens with zero attached hydrogens (tertiary/aromatic N) is 4. The summed E-state index contributed by atoms with van der Waals surface area (Å²) in [6.07, 6.45) is 6.03. The number of aromatic nitrogens is 2. The SMILES string of the molecule is CC(=O)N1CCC[C@@](C[C@@H]2CC(c3ccccc3C)=NO2)(C(=O)NCc2nccn2C)C1. The van der Waals surface area contributed by atoms with E-state index in [1.165, 1.54) is 0 Å². The molecule has 0 aliphatic carbocycles. The van der Waals surface area contributed by atoms with E-state index in [0.29, 0.717) is 38.9 Å². The van der Waals surface area contributed by atoms with Crippen molar-refractivity contribution in [3.05, 3.63) is 53.6 Å². The third kappa shape index (κ3) is 4.54. The number of carbonyl (C=O) groups is 2. The molecule has 1 saturated heterocycles. The van der Waals surface area contributed by atoms with E-state index in [9.17, 15) is 9.59 Å². The standard InChI is InChI=1S/C24H31N5O3/c1-17-7-4-5-8-20(17)21-13-19(32-27-21)14-24(9-6-11-29(16-24)18(2)30)23(31)26-15-22-25-10-12-28(22)3/h4-5,7-8,10,12,19H,6,9,11,13-16H2,1-3H3,(H,26,31)/t19-,24-/m0/s1. The number of carbonyl (C=O) groups excluding carboxylic acids is 2. The second-order valence-electron chi connectivity index (χ2n) is 8.95. The Labute approximate surface area is 188 Å². The van der Waals surface area contributed by atoms with Crippen molar-refractivity contribution in [2.24, 2.45) is 17.6 Å². The van der Waals surface area contributed by atoms with E-state index < -0.39 is 5.41 Å². The monoisotopic (exact) mass is 437 g/mol. The lowest BCUT2D eigenvalue weighted by molar-refractivity contribution is -0.143. The van der Waals surface area contributed by atoms with Crippen LogP contribution in [0.2, 0.25) is 0 Å². The van der Waals surface area contributed by atoms with Gasteiger partial charge >= 0.3 is 0 Å². The van der Waals surface area contributed by atoms with Crippen molar-refractivity contribution in [3.63, 3.8) is 0 Å². The molecule has 4 rings (SSSR count). The zero-order chi connectivity index (χ0) is 22.7. The Morgan fingerprint density at radius 1 is 1.31 bits per heavy atom. The molecule has 2 aliphatic rings. The molecule has 3 heterocycles. The average Bonchev–Trinajstić information content (AvgIpc) is 3.41. The number of oxime groups is 1. The number of rotatable bonds is 6. The highest BCUT2D eigenvalue weighted by molar-refractivity contribution is 6.02. The van der Waals surface area contributed by atoms with Crippen LogP contribution in [0.5, 0.6) is 0 Å². The van der Waals surface area contributed by atoms with E-state index in [4.69, 9.17) is 4.84 Å². The van der Waals surface area contributed by atoms with Crippen molar-refractivity contribution in [2.45, 2.75) is 52.2 Å². The van der Waals surface area contributed by atoms with Gasteiger partial charge in [-0.15, -0.1) is 0 Å². The summed E-state index contributed by atoms with van der Waals surface area (Å²) in [6, 6.07) is 8.11. The molecular formula is C24H31N5O3. The molecule has 1 fully saturated rings. The van der Waals surface area contributed by atoms with Gasteiger partial charge in [-0.05, 0) is 25.3 Å². The normalized spacial score (nSPS) is 22.9. The fourth-order valence-electron chi connectivity index (χ4n) is 4.79. The fraction of sp³-hybridized carbons (Fsp3) is 0.500. The summed E-state index contributed by atoms with van der Waals surface area (Å²) in [4.78, 5) is 37.5. The number of hydrogen-bond donors (Lipinski definition) is 1. The molecule has 2 atom stereocenters. The maximum Gasteiger partial charge on any atom is 0.228 e. The highest BCUT2D eigenvalue weighted by Gasteiger charge is 2.46. The van der Waals surface area contributed by atoms with Gasteiger partial charge in [-0.1, -0.05) is 29.4 Å². The molecule has 1 aromatic heterocycles. The lowest BCUT2D eigenvalue weighted by Gasteiger charge is -2.42. The molecule has 0 unspecified atom stereocenters. The first-order valence-electron chi connectivity index (χ1n) is 11.2. The van der Waals surface area contributed by atoms with Crippen molar-refractivity contribution in [1.29, 1.82) is 0 Å². The highest BCUT2D eigenvalue weighted by atomic mass is 16.6. The van der Waals surface area contributed by atoms with Gasteiger partial charge in [0.1, 0.15) is 11.9 Å². The van der Waals surface area contributed by atoms with Gasteiger partial charge in [-0.2, -0.15) is 0 Å². The quantitative estimate of drug-likeness (QED) is 0.752. The Hall–Kier alpha value is -3.16. The van der Waals surface area contributed by atoms with Crippen LogP contribution in [-0.4, -0.2) is 51.2 Å². The third-order valence-electron chi connectivity index (χ3n) is 6.64. The van der Waals surface area contributed by atoms with Crippen LogP contribution in [0.4, 0.5) is 0 Å². The van der Waals surface area contributed by atoms with Crippen LogP contribution in [0.25, 0.3) is 0 Å². The Kier molecular flexibility index (Phi) is 6.30. The van der Waals surface area contributed by atoms with Crippen molar-refractivity contribution >= 4 is 17.5 Å². The maximum atomic E-state index is 13.5. The summed E-state index contributed by atoms with van der Waals surface area (Å²) in [5, 5.41) is 7.42. The minimum absolute atomic E-state index is 0.00448. The van der Waals surface area contributed by atoms with Crippen LogP contribution in [0.15, 0.2) is 41.8 Å². The van der Waals surface area contributed by atoms with Crippen LogP contribution in [-0.2, 0) is 28.0 Å². The second kappa shape index (κ2) is 9.14. The first kappa shape index (κ1) is 22.0. The Morgan fingerprint density at radius 3 is 2.84 bits per heavy atom. The van der Waals surface area contributed by atoms with Crippen molar-refractivity contribution < 1.29 is 14.4 Å². The van der Waals surface area contributed by atoms with Gasteiger partial charge in [-0.3, -0.25) is 9.59 Å². The Balaban J connectivity index is 1.50. The lowest BCUT2D eigenvalue weighted by atomic mass is 9.73. The molecule has 2 amide bonds. The van der Waals surface area contributed by atoms with E-state index >= 15 is 0 Å². The second-order valence-corrected chi connectivity index (χ2v) is 8.95. The molecule has 2 aromatic rings. The molecule has 170 valence electrons. The number of nitrogens with one attached hydrogen (secondary N) is 1. The molecule has 0 spiro atoms. The van der Waals surface area contributed by atoms with Crippen LogP contribution in [0.3, 0.4) is 0 Å². The number of piperidine rings is 1. The first-order valence-corrected chi connectivity index (χ1v) is 11.2. The molecule has 1 N–H and O–H groups in total. The Bertz CT molecular complexity index is 1030. The van der Waals surface area contributed by atoms with Gasteiger partial charge in [-0.25, -0.2) is 4.98 Å². The first-order chi connectivity index (χ1) is 15.4. The molecule has 8 nitrogen and oxygen atoms in total. The van der Waals surface area contributed by atoms with Crippen molar-refractivity contribution in [2.75, 3.05) is 13.1 Å². The zero-order valence-electron chi connectivity index (χ0n) is 19.0. The third-order valence-corrected chi connectivity index (χ3v) is 6.64. The minimum Gasteiger partial charge on any atom is -0.392 e. The topological polar surface area (TPSA) is 88.8 Å². The smallest absolute Gasteiger partial charge is 0.228 e. The number of aryl methyl sites for hydroxylation is 2.